The van der Waals surface area contributed by atoms with Gasteiger partial charge < -0.3 is 10.0 Å². The quantitative estimate of drug-likeness (QED) is 0.911. The van der Waals surface area contributed by atoms with Gasteiger partial charge in [0.2, 0.25) is 0 Å². The molecule has 0 bridgehead atoms. The van der Waals surface area contributed by atoms with Crippen molar-refractivity contribution < 1.29 is 9.90 Å². The molecule has 0 aliphatic rings. The standard InChI is InChI=1S/C15H21N3O2/c1-10(2)9-18(11(3)4)14-13(15(19)20)17-8-6-5-7-12(17)16-14/h5-8,10-11H,9H2,1-4H3,(H,19,20). The number of hydrogen-bond acceptors (Lipinski definition) is 3. The number of aromatic nitrogens is 2. The van der Waals surface area contributed by atoms with Crippen LogP contribution in [0.25, 0.3) is 5.65 Å². The number of nitrogens with zero attached hydrogens (tertiary/aromatic N) is 3. The van der Waals surface area contributed by atoms with Crippen LogP contribution >= 0.6 is 0 Å². The number of anilines is 1. The molecule has 0 spiro atoms. The number of hydrogen-bond donors (Lipinski definition) is 1. The Morgan fingerprint density at radius 3 is 2.60 bits per heavy atom. The average molecular weight is 275 g/mol. The normalized spacial score (nSPS) is 11.5. The van der Waals surface area contributed by atoms with Gasteiger partial charge in [-0.05, 0) is 31.9 Å². The summed E-state index contributed by atoms with van der Waals surface area (Å²) < 4.78 is 1.63. The number of pyridine rings is 1. The first kappa shape index (κ1) is 14.4. The third-order valence-electron chi connectivity index (χ3n) is 3.17. The Morgan fingerprint density at radius 2 is 2.05 bits per heavy atom. The van der Waals surface area contributed by atoms with E-state index in [1.807, 2.05) is 18.2 Å². The van der Waals surface area contributed by atoms with Gasteiger partial charge in [0.25, 0.3) is 0 Å². The summed E-state index contributed by atoms with van der Waals surface area (Å²) in [5, 5.41) is 9.53. The molecule has 0 fully saturated rings. The predicted octanol–water partition coefficient (Wildman–Crippen LogP) is 2.90. The molecule has 1 N–H and O–H groups in total. The molecule has 0 atom stereocenters. The van der Waals surface area contributed by atoms with Gasteiger partial charge in [-0.3, -0.25) is 4.40 Å². The highest BCUT2D eigenvalue weighted by molar-refractivity contribution is 5.93. The van der Waals surface area contributed by atoms with Gasteiger partial charge in [-0.2, -0.15) is 0 Å². The maximum Gasteiger partial charge on any atom is 0.356 e. The maximum atomic E-state index is 11.6. The summed E-state index contributed by atoms with van der Waals surface area (Å²) in [4.78, 5) is 18.2. The Bertz CT molecular complexity index is 617. The Hall–Kier alpha value is -2.04. The lowest BCUT2D eigenvalue weighted by atomic mass is 10.1. The number of carbonyl (C=O) groups is 1. The molecule has 0 unspecified atom stereocenters. The van der Waals surface area contributed by atoms with E-state index in [9.17, 15) is 9.90 Å². The molecule has 0 aliphatic carbocycles. The Morgan fingerprint density at radius 1 is 1.35 bits per heavy atom. The van der Waals surface area contributed by atoms with E-state index in [-0.39, 0.29) is 11.7 Å². The molecule has 0 saturated carbocycles. The predicted molar refractivity (Wildman–Crippen MR) is 79.5 cm³/mol. The van der Waals surface area contributed by atoms with Crippen LogP contribution in [0.15, 0.2) is 24.4 Å². The van der Waals surface area contributed by atoms with Crippen molar-refractivity contribution in [3.05, 3.63) is 30.1 Å². The van der Waals surface area contributed by atoms with E-state index in [4.69, 9.17) is 0 Å². The second-order valence-corrected chi connectivity index (χ2v) is 5.66. The highest BCUT2D eigenvalue weighted by atomic mass is 16.4. The van der Waals surface area contributed by atoms with Crippen LogP contribution in [0, 0.1) is 5.92 Å². The van der Waals surface area contributed by atoms with Crippen LogP contribution in [0.2, 0.25) is 0 Å². The first-order chi connectivity index (χ1) is 9.41. The molecule has 0 saturated heterocycles. The van der Waals surface area contributed by atoms with Gasteiger partial charge in [0.05, 0.1) is 0 Å². The third kappa shape index (κ3) is 2.61. The highest BCUT2D eigenvalue weighted by Crippen LogP contribution is 2.24. The molecule has 2 aromatic rings. The summed E-state index contributed by atoms with van der Waals surface area (Å²) >= 11 is 0. The van der Waals surface area contributed by atoms with Gasteiger partial charge in [0.1, 0.15) is 5.65 Å². The van der Waals surface area contributed by atoms with Crippen molar-refractivity contribution in [2.24, 2.45) is 5.92 Å². The van der Waals surface area contributed by atoms with Gasteiger partial charge in [-0.1, -0.05) is 19.9 Å². The summed E-state index contributed by atoms with van der Waals surface area (Å²) in [6, 6.07) is 5.69. The van der Waals surface area contributed by atoms with Gasteiger partial charge >= 0.3 is 5.97 Å². The largest absolute Gasteiger partial charge is 0.476 e. The topological polar surface area (TPSA) is 57.8 Å². The van der Waals surface area contributed by atoms with Crippen LogP contribution in [0.1, 0.15) is 38.2 Å². The van der Waals surface area contributed by atoms with Crippen molar-refractivity contribution in [1.29, 1.82) is 0 Å². The maximum absolute atomic E-state index is 11.6. The Balaban J connectivity index is 2.61. The van der Waals surface area contributed by atoms with E-state index < -0.39 is 5.97 Å². The van der Waals surface area contributed by atoms with E-state index in [1.165, 1.54) is 0 Å². The summed E-state index contributed by atoms with van der Waals surface area (Å²) in [6.45, 7) is 9.12. The van der Waals surface area contributed by atoms with E-state index in [0.717, 1.165) is 6.54 Å². The first-order valence-electron chi connectivity index (χ1n) is 6.88. The molecule has 20 heavy (non-hydrogen) atoms. The minimum Gasteiger partial charge on any atom is -0.476 e. The van der Waals surface area contributed by atoms with Gasteiger partial charge in [0, 0.05) is 18.8 Å². The molecular weight excluding hydrogens is 254 g/mol. The smallest absolute Gasteiger partial charge is 0.356 e. The fraction of sp³-hybridized carbons (Fsp3) is 0.467. The van der Waals surface area contributed by atoms with E-state index in [1.54, 1.807) is 10.6 Å². The van der Waals surface area contributed by atoms with Crippen LogP contribution in [-0.2, 0) is 0 Å². The molecule has 0 amide bonds. The van der Waals surface area contributed by atoms with Crippen LogP contribution in [0.3, 0.4) is 0 Å². The lowest BCUT2D eigenvalue weighted by molar-refractivity contribution is 0.0690. The molecule has 108 valence electrons. The Kier molecular flexibility index (Phi) is 3.97. The summed E-state index contributed by atoms with van der Waals surface area (Å²) in [5.41, 5.74) is 0.893. The van der Waals surface area contributed by atoms with Crippen molar-refractivity contribution >= 4 is 17.4 Å². The van der Waals surface area contributed by atoms with Gasteiger partial charge in [-0.15, -0.1) is 0 Å². The Labute approximate surface area is 118 Å². The van der Waals surface area contributed by atoms with Crippen molar-refractivity contribution in [2.45, 2.75) is 33.7 Å². The molecule has 0 aromatic carbocycles. The van der Waals surface area contributed by atoms with Crippen LogP contribution in [0.4, 0.5) is 5.82 Å². The van der Waals surface area contributed by atoms with Crippen LogP contribution in [-0.4, -0.2) is 33.0 Å². The number of carboxylic acids is 1. The average Bonchev–Trinajstić information content (AvgIpc) is 2.74. The molecule has 2 rings (SSSR count). The summed E-state index contributed by atoms with van der Waals surface area (Å²) in [6.07, 6.45) is 1.74. The van der Waals surface area contributed by atoms with Crippen molar-refractivity contribution in [3.8, 4) is 0 Å². The fourth-order valence-electron chi connectivity index (χ4n) is 2.32. The molecule has 2 heterocycles. The second kappa shape index (κ2) is 5.53. The van der Waals surface area contributed by atoms with E-state index >= 15 is 0 Å². The molecule has 5 nitrogen and oxygen atoms in total. The molecule has 2 aromatic heterocycles. The monoisotopic (exact) mass is 275 g/mol. The zero-order chi connectivity index (χ0) is 14.9. The third-order valence-corrected chi connectivity index (χ3v) is 3.17. The molecule has 0 aliphatic heterocycles. The zero-order valence-electron chi connectivity index (χ0n) is 12.4. The highest BCUT2D eigenvalue weighted by Gasteiger charge is 2.25. The van der Waals surface area contributed by atoms with Gasteiger partial charge in [0.15, 0.2) is 11.5 Å². The number of fused-ring (bicyclic) bond motifs is 1. The van der Waals surface area contributed by atoms with Crippen molar-refractivity contribution in [2.75, 3.05) is 11.4 Å². The summed E-state index contributed by atoms with van der Waals surface area (Å²) in [7, 11) is 0. The SMILES string of the molecule is CC(C)CN(c1nc2ccccn2c1C(=O)O)C(C)C. The number of imidazole rings is 1. The molecule has 0 radical (unpaired) electrons. The summed E-state index contributed by atoms with van der Waals surface area (Å²) in [5.74, 6) is 0.0318. The first-order valence-corrected chi connectivity index (χ1v) is 6.88. The van der Waals surface area contributed by atoms with Crippen molar-refractivity contribution in [1.82, 2.24) is 9.38 Å². The van der Waals surface area contributed by atoms with Crippen LogP contribution in [0.5, 0.6) is 0 Å². The second-order valence-electron chi connectivity index (χ2n) is 5.66. The molecule has 5 heteroatoms. The van der Waals surface area contributed by atoms with E-state index in [2.05, 4.69) is 37.6 Å². The lowest BCUT2D eigenvalue weighted by Crippen LogP contribution is -2.35. The number of carboxylic acid groups (broad SMARTS) is 1. The minimum atomic E-state index is -0.951. The number of aromatic carboxylic acids is 1. The van der Waals surface area contributed by atoms with Gasteiger partial charge in [-0.25, -0.2) is 9.78 Å². The molecular formula is C15H21N3O2. The lowest BCUT2D eigenvalue weighted by Gasteiger charge is -2.29. The number of rotatable bonds is 5. The minimum absolute atomic E-state index is 0.195. The fourth-order valence-corrected chi connectivity index (χ4v) is 2.32. The van der Waals surface area contributed by atoms with E-state index in [0.29, 0.717) is 17.4 Å². The van der Waals surface area contributed by atoms with Crippen LogP contribution < -0.4 is 4.90 Å². The zero-order valence-corrected chi connectivity index (χ0v) is 12.4. The van der Waals surface area contributed by atoms with Crippen molar-refractivity contribution in [3.63, 3.8) is 0 Å².